The average molecular weight is 256 g/mol. The van der Waals surface area contributed by atoms with Crippen molar-refractivity contribution in [3.05, 3.63) is 59.9 Å². The summed E-state index contributed by atoms with van der Waals surface area (Å²) in [6.45, 7) is 1.22. The summed E-state index contributed by atoms with van der Waals surface area (Å²) in [5.74, 6) is 0.695. The van der Waals surface area contributed by atoms with Gasteiger partial charge in [-0.05, 0) is 36.0 Å². The van der Waals surface area contributed by atoms with E-state index in [1.54, 1.807) is 0 Å². The fraction of sp³-hybridized carbons (Fsp3) is 0.375. The Balaban J connectivity index is 1.50. The standard InChI is InChI=1S/C16H20N2O/c17-16(14-6-7-14)15-8-9-18(10-15)12-19-11-13-4-2-1-3-5-13/h1-5,8-10,14,16H,6-7,11-12,17H2. The highest BCUT2D eigenvalue weighted by Gasteiger charge is 2.29. The van der Waals surface area contributed by atoms with Crippen molar-refractivity contribution < 1.29 is 4.74 Å². The van der Waals surface area contributed by atoms with E-state index in [-0.39, 0.29) is 6.04 Å². The van der Waals surface area contributed by atoms with Gasteiger partial charge in [-0.1, -0.05) is 30.3 Å². The lowest BCUT2D eigenvalue weighted by Crippen LogP contribution is -2.11. The third-order valence-electron chi connectivity index (χ3n) is 3.64. The maximum absolute atomic E-state index is 6.18. The molecule has 1 fully saturated rings. The third-order valence-corrected chi connectivity index (χ3v) is 3.64. The van der Waals surface area contributed by atoms with E-state index in [0.29, 0.717) is 19.3 Å². The molecule has 100 valence electrons. The monoisotopic (exact) mass is 256 g/mol. The van der Waals surface area contributed by atoms with Gasteiger partial charge in [0.25, 0.3) is 0 Å². The Bertz CT molecular complexity index is 517. The zero-order valence-electron chi connectivity index (χ0n) is 11.0. The summed E-state index contributed by atoms with van der Waals surface area (Å²) < 4.78 is 7.75. The molecule has 1 heterocycles. The number of aromatic nitrogens is 1. The van der Waals surface area contributed by atoms with Gasteiger partial charge in [-0.25, -0.2) is 0 Å². The van der Waals surface area contributed by atoms with Crippen LogP contribution in [-0.4, -0.2) is 4.57 Å². The Morgan fingerprint density at radius 1 is 1.21 bits per heavy atom. The Labute approximate surface area is 114 Å². The highest BCUT2D eigenvalue weighted by atomic mass is 16.5. The van der Waals surface area contributed by atoms with Crippen LogP contribution in [0, 0.1) is 5.92 Å². The fourth-order valence-corrected chi connectivity index (χ4v) is 2.31. The Hall–Kier alpha value is -1.58. The lowest BCUT2D eigenvalue weighted by atomic mass is 10.1. The van der Waals surface area contributed by atoms with Crippen molar-refractivity contribution in [1.29, 1.82) is 0 Å². The van der Waals surface area contributed by atoms with Crippen LogP contribution in [0.1, 0.15) is 30.0 Å². The number of benzene rings is 1. The van der Waals surface area contributed by atoms with Crippen LogP contribution in [0.3, 0.4) is 0 Å². The maximum Gasteiger partial charge on any atom is 0.122 e. The Morgan fingerprint density at radius 2 is 2.00 bits per heavy atom. The van der Waals surface area contributed by atoms with Crippen LogP contribution in [0.15, 0.2) is 48.8 Å². The summed E-state index contributed by atoms with van der Waals surface area (Å²) in [7, 11) is 0. The molecule has 1 aromatic carbocycles. The molecule has 19 heavy (non-hydrogen) atoms. The molecule has 2 aromatic rings. The molecule has 0 bridgehead atoms. The van der Waals surface area contributed by atoms with Crippen LogP contribution >= 0.6 is 0 Å². The topological polar surface area (TPSA) is 40.2 Å². The van der Waals surface area contributed by atoms with Crippen LogP contribution in [0.2, 0.25) is 0 Å². The summed E-state index contributed by atoms with van der Waals surface area (Å²) in [5.41, 5.74) is 8.61. The van der Waals surface area contributed by atoms with Crippen molar-refractivity contribution in [2.24, 2.45) is 11.7 Å². The summed E-state index contributed by atoms with van der Waals surface area (Å²) >= 11 is 0. The first-order chi connectivity index (χ1) is 9.33. The first-order valence-corrected chi connectivity index (χ1v) is 6.86. The minimum atomic E-state index is 0.204. The summed E-state index contributed by atoms with van der Waals surface area (Å²) in [5, 5.41) is 0. The highest BCUT2D eigenvalue weighted by Crippen LogP contribution is 2.39. The van der Waals surface area contributed by atoms with E-state index in [0.717, 1.165) is 0 Å². The molecule has 0 aliphatic heterocycles. The lowest BCUT2D eigenvalue weighted by molar-refractivity contribution is 0.0641. The van der Waals surface area contributed by atoms with Crippen molar-refractivity contribution in [3.8, 4) is 0 Å². The third kappa shape index (κ3) is 3.25. The van der Waals surface area contributed by atoms with Gasteiger partial charge in [-0.3, -0.25) is 0 Å². The number of nitrogens with zero attached hydrogens (tertiary/aromatic N) is 1. The number of rotatable bonds is 6. The van der Waals surface area contributed by atoms with Gasteiger partial charge in [0.05, 0.1) is 6.61 Å². The molecular weight excluding hydrogens is 236 g/mol. The van der Waals surface area contributed by atoms with E-state index in [1.807, 2.05) is 24.4 Å². The van der Waals surface area contributed by atoms with Gasteiger partial charge in [0.2, 0.25) is 0 Å². The molecule has 1 atom stereocenters. The summed E-state index contributed by atoms with van der Waals surface area (Å²) in [4.78, 5) is 0. The van der Waals surface area contributed by atoms with Crippen LogP contribution < -0.4 is 5.73 Å². The van der Waals surface area contributed by atoms with Gasteiger partial charge in [0.15, 0.2) is 0 Å². The SMILES string of the molecule is NC(c1ccn(COCc2ccccc2)c1)C1CC1. The van der Waals surface area contributed by atoms with Crippen LogP contribution in [-0.2, 0) is 18.1 Å². The normalized spacial score (nSPS) is 16.5. The number of ether oxygens (including phenoxy) is 1. The van der Waals surface area contributed by atoms with Crippen LogP contribution in [0.4, 0.5) is 0 Å². The van der Waals surface area contributed by atoms with Gasteiger partial charge in [-0.2, -0.15) is 0 Å². The molecular formula is C16H20N2O. The van der Waals surface area contributed by atoms with Crippen molar-refractivity contribution in [2.45, 2.75) is 32.2 Å². The molecule has 1 aromatic heterocycles. The molecule has 0 radical (unpaired) electrons. The fourth-order valence-electron chi connectivity index (χ4n) is 2.31. The predicted octanol–water partition coefficient (Wildman–Crippen LogP) is 3.07. The molecule has 1 aliphatic carbocycles. The average Bonchev–Trinajstić information content (AvgIpc) is 3.19. The van der Waals surface area contributed by atoms with E-state index < -0.39 is 0 Å². The molecule has 0 amide bonds. The molecule has 3 rings (SSSR count). The quantitative estimate of drug-likeness (QED) is 0.862. The van der Waals surface area contributed by atoms with Crippen molar-refractivity contribution in [1.82, 2.24) is 4.57 Å². The van der Waals surface area contributed by atoms with Gasteiger partial charge in [0.1, 0.15) is 6.73 Å². The van der Waals surface area contributed by atoms with Crippen molar-refractivity contribution in [2.75, 3.05) is 0 Å². The molecule has 3 heteroatoms. The van der Waals surface area contributed by atoms with E-state index >= 15 is 0 Å². The first-order valence-electron chi connectivity index (χ1n) is 6.86. The van der Waals surface area contributed by atoms with Gasteiger partial charge >= 0.3 is 0 Å². The summed E-state index contributed by atoms with van der Waals surface area (Å²) in [6, 6.07) is 12.5. The molecule has 1 unspecified atom stereocenters. The Morgan fingerprint density at radius 3 is 2.74 bits per heavy atom. The van der Waals surface area contributed by atoms with E-state index in [2.05, 4.69) is 29.0 Å². The predicted molar refractivity (Wildman–Crippen MR) is 75.3 cm³/mol. The van der Waals surface area contributed by atoms with Gasteiger partial charge in [-0.15, -0.1) is 0 Å². The zero-order valence-corrected chi connectivity index (χ0v) is 11.0. The molecule has 1 aliphatic rings. The van der Waals surface area contributed by atoms with E-state index in [4.69, 9.17) is 10.5 Å². The number of hydrogen-bond acceptors (Lipinski definition) is 2. The summed E-state index contributed by atoms with van der Waals surface area (Å²) in [6.07, 6.45) is 6.70. The smallest absolute Gasteiger partial charge is 0.122 e. The number of nitrogens with two attached hydrogens (primary N) is 1. The van der Waals surface area contributed by atoms with E-state index in [1.165, 1.54) is 24.0 Å². The second-order valence-corrected chi connectivity index (χ2v) is 5.29. The molecule has 3 nitrogen and oxygen atoms in total. The van der Waals surface area contributed by atoms with Crippen LogP contribution in [0.5, 0.6) is 0 Å². The zero-order chi connectivity index (χ0) is 13.1. The largest absolute Gasteiger partial charge is 0.356 e. The lowest BCUT2D eigenvalue weighted by Gasteiger charge is -2.08. The van der Waals surface area contributed by atoms with Gasteiger partial charge in [0, 0.05) is 18.4 Å². The molecule has 2 N–H and O–H groups in total. The van der Waals surface area contributed by atoms with Crippen molar-refractivity contribution >= 4 is 0 Å². The molecule has 1 saturated carbocycles. The van der Waals surface area contributed by atoms with Crippen molar-refractivity contribution in [3.63, 3.8) is 0 Å². The molecule has 0 saturated heterocycles. The second kappa shape index (κ2) is 5.59. The van der Waals surface area contributed by atoms with Crippen LogP contribution in [0.25, 0.3) is 0 Å². The Kier molecular flexibility index (Phi) is 3.67. The number of hydrogen-bond donors (Lipinski definition) is 1. The maximum atomic E-state index is 6.18. The molecule has 0 spiro atoms. The van der Waals surface area contributed by atoms with Gasteiger partial charge < -0.3 is 15.0 Å². The first kappa shape index (κ1) is 12.5. The highest BCUT2D eigenvalue weighted by molar-refractivity contribution is 5.17. The minimum absolute atomic E-state index is 0.204. The minimum Gasteiger partial charge on any atom is -0.356 e. The van der Waals surface area contributed by atoms with E-state index in [9.17, 15) is 0 Å². The second-order valence-electron chi connectivity index (χ2n) is 5.29.